The molecule has 4 N–H and O–H groups in total. The second kappa shape index (κ2) is 7.39. The van der Waals surface area contributed by atoms with Crippen molar-refractivity contribution in [1.82, 2.24) is 5.32 Å². The number of nitrogen functional groups attached to an aromatic ring is 1. The fourth-order valence-electron chi connectivity index (χ4n) is 2.49. The molecular weight excluding hydrogens is 316 g/mol. The molecule has 23 heavy (non-hydrogen) atoms. The molecule has 6 nitrogen and oxygen atoms in total. The Bertz CT molecular complexity index is 698. The number of benzene rings is 1. The lowest BCUT2D eigenvalue weighted by Gasteiger charge is -2.18. The van der Waals surface area contributed by atoms with Crippen LogP contribution >= 0.6 is 11.6 Å². The summed E-state index contributed by atoms with van der Waals surface area (Å²) >= 11 is 5.69. The van der Waals surface area contributed by atoms with Crippen molar-refractivity contribution >= 4 is 28.1 Å². The van der Waals surface area contributed by atoms with E-state index in [4.69, 9.17) is 22.7 Å². The molecule has 1 aliphatic carbocycles. The number of nitro benzene ring substituents is 1. The van der Waals surface area contributed by atoms with Gasteiger partial charge in [0.2, 0.25) is 0 Å². The molecule has 1 aromatic carbocycles. The van der Waals surface area contributed by atoms with Crippen molar-refractivity contribution in [3.8, 4) is 0 Å². The zero-order valence-electron chi connectivity index (χ0n) is 12.8. The standard InChI is InChI=1S/C16H19ClN4O2/c1-10(11-5-3-2-4-6-11)20-9-12-7-13(16(17)19)14(18)8-15(12)21(22)23/h3,5-8,10,19-20H,2,4,9,18H2,1H3. The zero-order chi connectivity index (χ0) is 17.0. The Labute approximate surface area is 139 Å². The van der Waals surface area contributed by atoms with Gasteiger partial charge in [0, 0.05) is 35.5 Å². The van der Waals surface area contributed by atoms with E-state index < -0.39 is 4.92 Å². The number of nitro groups is 1. The molecule has 0 spiro atoms. The van der Waals surface area contributed by atoms with Crippen LogP contribution in [0.1, 0.15) is 30.9 Å². The van der Waals surface area contributed by atoms with Crippen molar-refractivity contribution in [3.05, 3.63) is 57.2 Å². The number of nitrogens with one attached hydrogen (secondary N) is 2. The number of anilines is 1. The normalized spacial score (nSPS) is 15.1. The van der Waals surface area contributed by atoms with Gasteiger partial charge in [-0.05, 0) is 31.4 Å². The number of hydrogen-bond donors (Lipinski definition) is 3. The van der Waals surface area contributed by atoms with Gasteiger partial charge in [0.25, 0.3) is 5.69 Å². The molecule has 0 saturated carbocycles. The number of halogens is 1. The smallest absolute Gasteiger partial charge is 0.275 e. The van der Waals surface area contributed by atoms with Crippen LogP contribution < -0.4 is 11.1 Å². The summed E-state index contributed by atoms with van der Waals surface area (Å²) in [6.07, 6.45) is 8.40. The van der Waals surface area contributed by atoms with Crippen LogP contribution in [0.3, 0.4) is 0 Å². The summed E-state index contributed by atoms with van der Waals surface area (Å²) in [4.78, 5) is 10.7. The van der Waals surface area contributed by atoms with Crippen molar-refractivity contribution in [3.63, 3.8) is 0 Å². The second-order valence-corrected chi connectivity index (χ2v) is 5.80. The third kappa shape index (κ3) is 4.18. The molecule has 0 fully saturated rings. The van der Waals surface area contributed by atoms with Crippen LogP contribution in [-0.2, 0) is 6.54 Å². The number of rotatable bonds is 6. The topological polar surface area (TPSA) is 105 Å². The highest BCUT2D eigenvalue weighted by Gasteiger charge is 2.19. The van der Waals surface area contributed by atoms with Gasteiger partial charge in [-0.15, -0.1) is 0 Å². The Morgan fingerprint density at radius 2 is 2.26 bits per heavy atom. The van der Waals surface area contributed by atoms with E-state index in [0.717, 1.165) is 12.8 Å². The van der Waals surface area contributed by atoms with Crippen LogP contribution in [0, 0.1) is 15.5 Å². The molecule has 1 aliphatic rings. The predicted molar refractivity (Wildman–Crippen MR) is 92.9 cm³/mol. The van der Waals surface area contributed by atoms with Crippen LogP contribution in [0.2, 0.25) is 0 Å². The molecule has 2 rings (SSSR count). The highest BCUT2D eigenvalue weighted by Crippen LogP contribution is 2.27. The van der Waals surface area contributed by atoms with Crippen molar-refractivity contribution in [2.75, 3.05) is 5.73 Å². The largest absolute Gasteiger partial charge is 0.398 e. The van der Waals surface area contributed by atoms with Crippen molar-refractivity contribution in [2.45, 2.75) is 32.4 Å². The number of hydrogen-bond acceptors (Lipinski definition) is 5. The van der Waals surface area contributed by atoms with E-state index in [9.17, 15) is 10.1 Å². The summed E-state index contributed by atoms with van der Waals surface area (Å²) in [5, 5.41) is 21.8. The van der Waals surface area contributed by atoms with E-state index in [1.54, 1.807) is 0 Å². The van der Waals surface area contributed by atoms with Gasteiger partial charge in [-0.2, -0.15) is 0 Å². The Hall–Kier alpha value is -2.18. The lowest BCUT2D eigenvalue weighted by atomic mass is 10.0. The van der Waals surface area contributed by atoms with Gasteiger partial charge in [0.15, 0.2) is 0 Å². The SMILES string of the molecule is CC(NCc1cc(C(=N)Cl)c(N)cc1[N+](=O)[O-])C1=CCCC=C1. The molecule has 0 radical (unpaired) electrons. The fraction of sp³-hybridized carbons (Fsp3) is 0.312. The molecule has 122 valence electrons. The fourth-order valence-corrected chi connectivity index (χ4v) is 2.65. The van der Waals surface area contributed by atoms with E-state index in [2.05, 4.69) is 23.5 Å². The van der Waals surface area contributed by atoms with Crippen LogP contribution in [0.25, 0.3) is 0 Å². The van der Waals surface area contributed by atoms with Gasteiger partial charge in [0.05, 0.1) is 4.92 Å². The third-order valence-electron chi connectivity index (χ3n) is 3.81. The Morgan fingerprint density at radius 3 is 2.83 bits per heavy atom. The van der Waals surface area contributed by atoms with Crippen LogP contribution in [0.15, 0.2) is 35.9 Å². The van der Waals surface area contributed by atoms with Crippen molar-refractivity contribution < 1.29 is 4.92 Å². The first-order valence-electron chi connectivity index (χ1n) is 7.31. The molecule has 0 bridgehead atoms. The van der Waals surface area contributed by atoms with Gasteiger partial charge in [0.1, 0.15) is 5.17 Å². The van der Waals surface area contributed by atoms with Crippen molar-refractivity contribution in [1.29, 1.82) is 5.41 Å². The molecule has 0 amide bonds. The Kier molecular flexibility index (Phi) is 5.52. The van der Waals surface area contributed by atoms with Crippen LogP contribution in [-0.4, -0.2) is 16.1 Å². The minimum Gasteiger partial charge on any atom is -0.398 e. The molecule has 0 aliphatic heterocycles. The summed E-state index contributed by atoms with van der Waals surface area (Å²) in [6, 6.07) is 2.84. The minimum atomic E-state index is -0.473. The monoisotopic (exact) mass is 334 g/mol. The van der Waals surface area contributed by atoms with E-state index in [0.29, 0.717) is 17.7 Å². The Morgan fingerprint density at radius 1 is 1.52 bits per heavy atom. The lowest BCUT2D eigenvalue weighted by Crippen LogP contribution is -2.27. The molecule has 1 atom stereocenters. The van der Waals surface area contributed by atoms with Gasteiger partial charge < -0.3 is 11.1 Å². The maximum atomic E-state index is 11.2. The molecule has 7 heteroatoms. The summed E-state index contributed by atoms with van der Waals surface area (Å²) in [6.45, 7) is 2.30. The molecule has 0 aromatic heterocycles. The molecule has 1 unspecified atom stereocenters. The maximum Gasteiger partial charge on any atom is 0.275 e. The summed E-state index contributed by atoms with van der Waals surface area (Å²) < 4.78 is 0. The highest BCUT2D eigenvalue weighted by atomic mass is 35.5. The van der Waals surface area contributed by atoms with Gasteiger partial charge in [-0.3, -0.25) is 15.5 Å². The minimum absolute atomic E-state index is 0.0719. The summed E-state index contributed by atoms with van der Waals surface area (Å²) in [7, 11) is 0. The molecule has 0 saturated heterocycles. The van der Waals surface area contributed by atoms with Crippen LogP contribution in [0.4, 0.5) is 11.4 Å². The zero-order valence-corrected chi connectivity index (χ0v) is 13.6. The second-order valence-electron chi connectivity index (χ2n) is 5.43. The van der Waals surface area contributed by atoms with E-state index in [1.807, 2.05) is 6.92 Å². The quantitative estimate of drug-likeness (QED) is 0.320. The first kappa shape index (κ1) is 17.2. The van der Waals surface area contributed by atoms with E-state index in [-0.39, 0.29) is 22.6 Å². The average molecular weight is 335 g/mol. The number of nitrogens with two attached hydrogens (primary N) is 1. The predicted octanol–water partition coefficient (Wildman–Crippen LogP) is 3.50. The summed E-state index contributed by atoms with van der Waals surface area (Å²) in [5.41, 5.74) is 7.72. The number of nitrogens with zero attached hydrogens (tertiary/aromatic N) is 1. The van der Waals surface area contributed by atoms with Crippen molar-refractivity contribution in [2.24, 2.45) is 0 Å². The van der Waals surface area contributed by atoms with E-state index in [1.165, 1.54) is 17.7 Å². The highest BCUT2D eigenvalue weighted by molar-refractivity contribution is 6.69. The van der Waals surface area contributed by atoms with E-state index >= 15 is 0 Å². The molecule has 0 heterocycles. The maximum absolute atomic E-state index is 11.2. The third-order valence-corrected chi connectivity index (χ3v) is 4.01. The molecular formula is C16H19ClN4O2. The first-order chi connectivity index (χ1) is 10.9. The van der Waals surface area contributed by atoms with Gasteiger partial charge in [-0.1, -0.05) is 29.8 Å². The lowest BCUT2D eigenvalue weighted by molar-refractivity contribution is -0.385. The Balaban J connectivity index is 2.22. The van der Waals surface area contributed by atoms with Gasteiger partial charge in [-0.25, -0.2) is 0 Å². The average Bonchev–Trinajstić information content (AvgIpc) is 2.53. The molecule has 1 aromatic rings. The van der Waals surface area contributed by atoms with Crippen LogP contribution in [0.5, 0.6) is 0 Å². The number of allylic oxidation sites excluding steroid dienone is 2. The first-order valence-corrected chi connectivity index (χ1v) is 7.69. The van der Waals surface area contributed by atoms with Gasteiger partial charge >= 0.3 is 0 Å². The summed E-state index contributed by atoms with van der Waals surface area (Å²) in [5.74, 6) is 0.